The number of carbonyl (C=O) groups is 3. The van der Waals surface area contributed by atoms with E-state index in [0.717, 1.165) is 41.0 Å². The van der Waals surface area contributed by atoms with E-state index >= 15 is 0 Å². The van der Waals surface area contributed by atoms with E-state index in [2.05, 4.69) is 10.6 Å². The van der Waals surface area contributed by atoms with Crippen LogP contribution in [-0.4, -0.2) is 35.1 Å². The first-order chi connectivity index (χ1) is 17.8. The maximum absolute atomic E-state index is 13.0. The highest BCUT2D eigenvalue weighted by Gasteiger charge is 2.28. The van der Waals surface area contributed by atoms with E-state index in [-0.39, 0.29) is 17.2 Å². The third kappa shape index (κ3) is 6.17. The molecule has 1 heterocycles. The Kier molecular flexibility index (Phi) is 8.24. The topological polar surface area (TPSA) is 128 Å². The van der Waals surface area contributed by atoms with E-state index in [4.69, 9.17) is 4.74 Å². The largest absolute Gasteiger partial charge is 0.465 e. The van der Waals surface area contributed by atoms with Crippen LogP contribution in [0.5, 0.6) is 0 Å². The average molecular weight is 540 g/mol. The summed E-state index contributed by atoms with van der Waals surface area (Å²) in [6.07, 6.45) is 3.74. The lowest BCUT2D eigenvalue weighted by molar-refractivity contribution is -0.384. The van der Waals surface area contributed by atoms with Crippen LogP contribution in [0.2, 0.25) is 0 Å². The number of methoxy groups -OCH3 is 1. The van der Waals surface area contributed by atoms with Crippen molar-refractivity contribution in [2.24, 2.45) is 0 Å². The van der Waals surface area contributed by atoms with Crippen molar-refractivity contribution >= 4 is 57.3 Å². The van der Waals surface area contributed by atoms with Gasteiger partial charge < -0.3 is 15.4 Å². The minimum absolute atomic E-state index is 0.167. The molecule has 0 radical (unpaired) electrons. The summed E-state index contributed by atoms with van der Waals surface area (Å²) >= 11 is 2.74. The van der Waals surface area contributed by atoms with Crippen molar-refractivity contribution in [3.63, 3.8) is 0 Å². The standard InChI is InChI=1S/C26H25N3O6S2/c1-15(23(30)28-25-22(26(32)35-2)20-11-3-4-12-21(20)37-25)36-19-10-6-8-17(14-19)27-24(31)16-7-5-9-18(13-16)29(33)34/h5-10,13-15H,3-4,11-12H2,1-2H3,(H,27,31)(H,28,30). The SMILES string of the molecule is COC(=O)c1c(NC(=O)C(C)Sc2cccc(NC(=O)c3cccc([N+](=O)[O-])c3)c2)sc2c1CCCC2. The smallest absolute Gasteiger partial charge is 0.341 e. The van der Waals surface area contributed by atoms with E-state index in [0.29, 0.717) is 16.3 Å². The molecule has 0 fully saturated rings. The van der Waals surface area contributed by atoms with Gasteiger partial charge in [-0.05, 0) is 62.4 Å². The fourth-order valence-corrected chi connectivity index (χ4v) is 6.26. The van der Waals surface area contributed by atoms with Gasteiger partial charge >= 0.3 is 5.97 Å². The number of ether oxygens (including phenoxy) is 1. The van der Waals surface area contributed by atoms with E-state index in [1.165, 1.54) is 54.5 Å². The van der Waals surface area contributed by atoms with E-state index in [9.17, 15) is 24.5 Å². The van der Waals surface area contributed by atoms with E-state index in [1.807, 2.05) is 6.07 Å². The van der Waals surface area contributed by atoms with E-state index in [1.54, 1.807) is 25.1 Å². The van der Waals surface area contributed by atoms with Crippen molar-refractivity contribution < 1.29 is 24.0 Å². The number of fused-ring (bicyclic) bond motifs is 1. The minimum atomic E-state index is -0.556. The van der Waals surface area contributed by atoms with Gasteiger partial charge in [0.05, 0.1) is 22.8 Å². The molecule has 2 N–H and O–H groups in total. The number of nitro groups is 1. The summed E-state index contributed by atoms with van der Waals surface area (Å²) in [5.41, 5.74) is 1.93. The molecule has 1 atom stereocenters. The highest BCUT2D eigenvalue weighted by atomic mass is 32.2. The number of nitrogens with zero attached hydrogens (tertiary/aromatic N) is 1. The number of benzene rings is 2. The van der Waals surface area contributed by atoms with Gasteiger partial charge in [-0.3, -0.25) is 19.7 Å². The maximum atomic E-state index is 13.0. The molecule has 0 aliphatic heterocycles. The maximum Gasteiger partial charge on any atom is 0.341 e. The highest BCUT2D eigenvalue weighted by Crippen LogP contribution is 2.39. The summed E-state index contributed by atoms with van der Waals surface area (Å²) in [5, 5.41) is 16.7. The van der Waals surface area contributed by atoms with Crippen LogP contribution in [0, 0.1) is 10.1 Å². The number of thiophene rings is 1. The number of hydrogen-bond donors (Lipinski definition) is 2. The van der Waals surface area contributed by atoms with Crippen LogP contribution in [0.3, 0.4) is 0 Å². The third-order valence-electron chi connectivity index (χ3n) is 5.89. The van der Waals surface area contributed by atoms with Crippen molar-refractivity contribution in [2.75, 3.05) is 17.7 Å². The summed E-state index contributed by atoms with van der Waals surface area (Å²) in [7, 11) is 1.34. The molecule has 0 bridgehead atoms. The molecule has 4 rings (SSSR count). The lowest BCUT2D eigenvalue weighted by atomic mass is 9.95. The van der Waals surface area contributed by atoms with Gasteiger partial charge in [0.15, 0.2) is 0 Å². The zero-order valence-corrected chi connectivity index (χ0v) is 21.9. The van der Waals surface area contributed by atoms with Crippen LogP contribution in [0.25, 0.3) is 0 Å². The summed E-state index contributed by atoms with van der Waals surface area (Å²) < 4.78 is 4.98. The Balaban J connectivity index is 1.43. The second-order valence-corrected chi connectivity index (χ2v) is 11.0. The summed E-state index contributed by atoms with van der Waals surface area (Å²) in [5.74, 6) is -1.17. The highest BCUT2D eigenvalue weighted by molar-refractivity contribution is 8.00. The third-order valence-corrected chi connectivity index (χ3v) is 8.19. The average Bonchev–Trinajstić information content (AvgIpc) is 3.26. The van der Waals surface area contributed by atoms with Gasteiger partial charge in [-0.2, -0.15) is 0 Å². The molecule has 0 saturated heterocycles. The number of thioether (sulfide) groups is 1. The number of esters is 1. The van der Waals surface area contributed by atoms with Crippen LogP contribution in [0.15, 0.2) is 53.4 Å². The number of nitro benzene ring substituents is 1. The van der Waals surface area contributed by atoms with Crippen LogP contribution < -0.4 is 10.6 Å². The minimum Gasteiger partial charge on any atom is -0.465 e. The zero-order valence-electron chi connectivity index (χ0n) is 20.2. The Morgan fingerprint density at radius 1 is 1.08 bits per heavy atom. The van der Waals surface area contributed by atoms with Gasteiger partial charge in [0.2, 0.25) is 5.91 Å². The molecule has 1 aliphatic carbocycles. The van der Waals surface area contributed by atoms with Crippen molar-refractivity contribution in [1.82, 2.24) is 0 Å². The van der Waals surface area contributed by atoms with Crippen molar-refractivity contribution in [2.45, 2.75) is 42.8 Å². The molecular formula is C26H25N3O6S2. The number of hydrogen-bond acceptors (Lipinski definition) is 8. The van der Waals surface area contributed by atoms with Gasteiger partial charge in [-0.25, -0.2) is 4.79 Å². The zero-order chi connectivity index (χ0) is 26.5. The van der Waals surface area contributed by atoms with E-state index < -0.39 is 22.0 Å². The lowest BCUT2D eigenvalue weighted by Crippen LogP contribution is -2.23. The Bertz CT molecular complexity index is 1370. The monoisotopic (exact) mass is 539 g/mol. The molecule has 1 aromatic heterocycles. The molecule has 9 nitrogen and oxygen atoms in total. The Morgan fingerprint density at radius 3 is 2.59 bits per heavy atom. The predicted molar refractivity (Wildman–Crippen MR) is 144 cm³/mol. The van der Waals surface area contributed by atoms with Crippen LogP contribution >= 0.6 is 23.1 Å². The molecule has 1 aliphatic rings. The first-order valence-electron chi connectivity index (χ1n) is 11.6. The molecule has 3 aromatic rings. The Morgan fingerprint density at radius 2 is 1.84 bits per heavy atom. The van der Waals surface area contributed by atoms with Gasteiger partial charge in [0.1, 0.15) is 5.00 Å². The molecule has 0 spiro atoms. The van der Waals surface area contributed by atoms with Crippen molar-refractivity contribution in [3.05, 3.63) is 80.2 Å². The first kappa shape index (κ1) is 26.4. The normalized spacial score (nSPS) is 13.2. The second-order valence-electron chi connectivity index (χ2n) is 8.45. The number of rotatable bonds is 8. The summed E-state index contributed by atoms with van der Waals surface area (Å²) in [6.45, 7) is 1.76. The van der Waals surface area contributed by atoms with Gasteiger partial charge in [-0.15, -0.1) is 23.1 Å². The van der Waals surface area contributed by atoms with Crippen molar-refractivity contribution in [1.29, 1.82) is 0 Å². The fraction of sp³-hybridized carbons (Fsp3) is 0.269. The van der Waals surface area contributed by atoms with Crippen LogP contribution in [-0.2, 0) is 22.4 Å². The molecule has 11 heteroatoms. The van der Waals surface area contributed by atoms with Crippen LogP contribution in [0.1, 0.15) is 50.9 Å². The number of aryl methyl sites for hydroxylation is 1. The number of amides is 2. The number of anilines is 2. The van der Waals surface area contributed by atoms with Gasteiger partial charge in [0, 0.05) is 33.2 Å². The molecule has 2 amide bonds. The fourth-order valence-electron chi connectivity index (χ4n) is 4.05. The number of nitrogens with one attached hydrogen (secondary N) is 2. The first-order valence-corrected chi connectivity index (χ1v) is 13.3. The lowest BCUT2D eigenvalue weighted by Gasteiger charge is -2.14. The number of carbonyl (C=O) groups excluding carboxylic acids is 3. The quantitative estimate of drug-likeness (QED) is 0.163. The summed E-state index contributed by atoms with van der Waals surface area (Å²) in [6, 6.07) is 12.5. The molecule has 1 unspecified atom stereocenters. The van der Waals surface area contributed by atoms with Gasteiger partial charge in [-0.1, -0.05) is 12.1 Å². The molecule has 2 aromatic carbocycles. The molecular weight excluding hydrogens is 514 g/mol. The van der Waals surface area contributed by atoms with Crippen LogP contribution in [0.4, 0.5) is 16.4 Å². The Labute approximate surface area is 221 Å². The molecule has 0 saturated carbocycles. The molecule has 37 heavy (non-hydrogen) atoms. The summed E-state index contributed by atoms with van der Waals surface area (Å²) in [4.78, 5) is 50.4. The molecule has 192 valence electrons. The Hall–Kier alpha value is -3.70. The van der Waals surface area contributed by atoms with Gasteiger partial charge in [0.25, 0.3) is 11.6 Å². The predicted octanol–water partition coefficient (Wildman–Crippen LogP) is 5.69. The second kappa shape index (κ2) is 11.6. The van der Waals surface area contributed by atoms with Crippen molar-refractivity contribution in [3.8, 4) is 0 Å². The number of non-ortho nitro benzene ring substituents is 1.